The summed E-state index contributed by atoms with van der Waals surface area (Å²) in [5, 5.41) is 8.93. The molecule has 1 aliphatic rings. The van der Waals surface area contributed by atoms with Gasteiger partial charge in [-0.15, -0.1) is 0 Å². The van der Waals surface area contributed by atoms with Gasteiger partial charge in [0.25, 0.3) is 0 Å². The van der Waals surface area contributed by atoms with E-state index in [1.165, 1.54) is 11.3 Å². The Bertz CT molecular complexity index is 793. The number of fused-ring (bicyclic) bond motifs is 1. The molecule has 0 saturated carbocycles. The van der Waals surface area contributed by atoms with E-state index in [4.69, 9.17) is 4.52 Å². The minimum atomic E-state index is -0.730. The molecule has 0 bridgehead atoms. The van der Waals surface area contributed by atoms with Crippen molar-refractivity contribution in [2.75, 3.05) is 23.8 Å². The maximum absolute atomic E-state index is 12.0. The number of carbonyl (C=O) groups is 2. The van der Waals surface area contributed by atoms with E-state index in [9.17, 15) is 9.59 Å². The number of amides is 2. The van der Waals surface area contributed by atoms with E-state index in [-0.39, 0.29) is 0 Å². The Morgan fingerprint density at radius 3 is 2.80 bits per heavy atom. The number of aromatic nitrogens is 1. The van der Waals surface area contributed by atoms with E-state index in [1.807, 2.05) is 6.07 Å². The zero-order valence-electron chi connectivity index (χ0n) is 14.7. The molecule has 1 aromatic carbocycles. The van der Waals surface area contributed by atoms with E-state index in [1.54, 1.807) is 13.8 Å². The molecule has 3 rings (SSSR count). The van der Waals surface area contributed by atoms with Crippen molar-refractivity contribution in [3.05, 3.63) is 40.8 Å². The summed E-state index contributed by atoms with van der Waals surface area (Å²) in [4.78, 5) is 26.3. The van der Waals surface area contributed by atoms with Gasteiger partial charge < -0.3 is 20.1 Å². The van der Waals surface area contributed by atoms with Gasteiger partial charge in [0.05, 0.1) is 0 Å². The minimum Gasteiger partial charge on any atom is -0.374 e. The van der Waals surface area contributed by atoms with Gasteiger partial charge in [0.2, 0.25) is 0 Å². The average Bonchev–Trinajstić information content (AvgIpc) is 2.91. The fourth-order valence-corrected chi connectivity index (χ4v) is 3.04. The lowest BCUT2D eigenvalue weighted by Gasteiger charge is -2.27. The van der Waals surface area contributed by atoms with Crippen LogP contribution in [0.3, 0.4) is 0 Å². The number of nitrogens with one attached hydrogen (secondary N) is 2. The summed E-state index contributed by atoms with van der Waals surface area (Å²) in [7, 11) is 2.08. The van der Waals surface area contributed by atoms with Crippen molar-refractivity contribution in [2.45, 2.75) is 33.2 Å². The summed E-state index contributed by atoms with van der Waals surface area (Å²) < 4.78 is 4.97. The SMILES string of the molecule is Cc1noc(C)c1NC(=O)C(=O)NCc1ccc2c(c1)CCCN2C. The Kier molecular flexibility index (Phi) is 4.74. The summed E-state index contributed by atoms with van der Waals surface area (Å²) in [6.45, 7) is 4.75. The number of benzene rings is 1. The summed E-state index contributed by atoms with van der Waals surface area (Å²) >= 11 is 0. The van der Waals surface area contributed by atoms with Crippen molar-refractivity contribution in [2.24, 2.45) is 0 Å². The molecule has 2 aromatic rings. The topological polar surface area (TPSA) is 87.5 Å². The lowest BCUT2D eigenvalue weighted by atomic mass is 9.99. The molecule has 0 fully saturated rings. The van der Waals surface area contributed by atoms with Crippen LogP contribution >= 0.6 is 0 Å². The zero-order valence-corrected chi connectivity index (χ0v) is 14.7. The standard InChI is InChI=1S/C18H22N4O3/c1-11-16(12(2)25-21-11)20-18(24)17(23)19-10-13-6-7-15-14(9-13)5-4-8-22(15)3/h6-7,9H,4-5,8,10H2,1-3H3,(H,19,23)(H,20,24). The summed E-state index contributed by atoms with van der Waals surface area (Å²) in [6, 6.07) is 6.14. The maximum atomic E-state index is 12.0. The first-order valence-corrected chi connectivity index (χ1v) is 8.30. The van der Waals surface area contributed by atoms with Gasteiger partial charge in [-0.05, 0) is 43.9 Å². The first-order valence-electron chi connectivity index (χ1n) is 8.30. The van der Waals surface area contributed by atoms with Gasteiger partial charge >= 0.3 is 11.8 Å². The van der Waals surface area contributed by atoms with Crippen molar-refractivity contribution in [1.29, 1.82) is 0 Å². The smallest absolute Gasteiger partial charge is 0.313 e. The van der Waals surface area contributed by atoms with Crippen LogP contribution in [-0.2, 0) is 22.6 Å². The fourth-order valence-electron chi connectivity index (χ4n) is 3.04. The predicted molar refractivity (Wildman–Crippen MR) is 94.5 cm³/mol. The van der Waals surface area contributed by atoms with Crippen LogP contribution in [0.15, 0.2) is 22.7 Å². The van der Waals surface area contributed by atoms with E-state index < -0.39 is 11.8 Å². The molecular formula is C18H22N4O3. The second-order valence-electron chi connectivity index (χ2n) is 6.32. The Morgan fingerprint density at radius 2 is 2.08 bits per heavy atom. The van der Waals surface area contributed by atoms with Crippen molar-refractivity contribution < 1.29 is 14.1 Å². The number of hydrogen-bond donors (Lipinski definition) is 2. The van der Waals surface area contributed by atoms with Crippen LogP contribution in [0, 0.1) is 13.8 Å². The quantitative estimate of drug-likeness (QED) is 0.832. The van der Waals surface area contributed by atoms with Gasteiger partial charge in [-0.3, -0.25) is 9.59 Å². The van der Waals surface area contributed by atoms with Crippen molar-refractivity contribution in [1.82, 2.24) is 10.5 Å². The van der Waals surface area contributed by atoms with Gasteiger partial charge in [0, 0.05) is 25.8 Å². The Hall–Kier alpha value is -2.83. The number of hydrogen-bond acceptors (Lipinski definition) is 5. The number of anilines is 2. The molecule has 0 unspecified atom stereocenters. The third-order valence-corrected chi connectivity index (χ3v) is 4.43. The fraction of sp³-hybridized carbons (Fsp3) is 0.389. The molecule has 0 atom stereocenters. The van der Waals surface area contributed by atoms with Crippen molar-refractivity contribution in [3.8, 4) is 0 Å². The monoisotopic (exact) mass is 342 g/mol. The number of carbonyl (C=O) groups excluding carboxylic acids is 2. The highest BCUT2D eigenvalue weighted by molar-refractivity contribution is 6.39. The van der Waals surface area contributed by atoms with E-state index in [0.29, 0.717) is 23.7 Å². The molecule has 2 heterocycles. The average molecular weight is 342 g/mol. The van der Waals surface area contributed by atoms with Gasteiger partial charge in [0.1, 0.15) is 11.4 Å². The molecule has 7 nitrogen and oxygen atoms in total. The van der Waals surface area contributed by atoms with Crippen LogP contribution in [0.1, 0.15) is 29.0 Å². The highest BCUT2D eigenvalue weighted by Crippen LogP contribution is 2.26. The molecule has 1 aliphatic heterocycles. The Balaban J connectivity index is 1.60. The van der Waals surface area contributed by atoms with Crippen LogP contribution in [0.2, 0.25) is 0 Å². The predicted octanol–water partition coefficient (Wildman–Crippen LogP) is 1.93. The van der Waals surface area contributed by atoms with Crippen LogP contribution in [0.5, 0.6) is 0 Å². The summed E-state index contributed by atoms with van der Waals surface area (Å²) in [6.07, 6.45) is 2.16. The molecule has 0 aliphatic carbocycles. The lowest BCUT2D eigenvalue weighted by molar-refractivity contribution is -0.136. The van der Waals surface area contributed by atoms with Crippen LogP contribution in [-0.4, -0.2) is 30.6 Å². The lowest BCUT2D eigenvalue weighted by Crippen LogP contribution is -2.35. The normalized spacial score (nSPS) is 13.3. The molecular weight excluding hydrogens is 320 g/mol. The van der Waals surface area contributed by atoms with Gasteiger partial charge in [-0.2, -0.15) is 0 Å². The highest BCUT2D eigenvalue weighted by Gasteiger charge is 2.19. The largest absolute Gasteiger partial charge is 0.374 e. The van der Waals surface area contributed by atoms with E-state index >= 15 is 0 Å². The molecule has 25 heavy (non-hydrogen) atoms. The molecule has 0 saturated heterocycles. The van der Waals surface area contributed by atoms with E-state index in [0.717, 1.165) is 24.9 Å². The van der Waals surface area contributed by atoms with E-state index in [2.05, 4.69) is 39.9 Å². The molecule has 132 valence electrons. The molecule has 7 heteroatoms. The molecule has 0 spiro atoms. The Labute approximate surface area is 146 Å². The molecule has 2 N–H and O–H groups in total. The van der Waals surface area contributed by atoms with Crippen LogP contribution in [0.4, 0.5) is 11.4 Å². The minimum absolute atomic E-state index is 0.310. The van der Waals surface area contributed by atoms with Crippen LogP contribution < -0.4 is 15.5 Å². The zero-order chi connectivity index (χ0) is 18.0. The second kappa shape index (κ2) is 6.96. The highest BCUT2D eigenvalue weighted by atomic mass is 16.5. The molecule has 2 amide bonds. The second-order valence-corrected chi connectivity index (χ2v) is 6.32. The molecule has 1 aromatic heterocycles. The van der Waals surface area contributed by atoms with Gasteiger partial charge in [-0.1, -0.05) is 17.3 Å². The number of aryl methyl sites for hydroxylation is 3. The van der Waals surface area contributed by atoms with Gasteiger partial charge in [0.15, 0.2) is 5.76 Å². The number of rotatable bonds is 3. The van der Waals surface area contributed by atoms with Gasteiger partial charge in [-0.25, -0.2) is 0 Å². The Morgan fingerprint density at radius 1 is 1.28 bits per heavy atom. The molecule has 0 radical (unpaired) electrons. The third-order valence-electron chi connectivity index (χ3n) is 4.43. The third kappa shape index (κ3) is 3.65. The first-order chi connectivity index (χ1) is 12.0. The maximum Gasteiger partial charge on any atom is 0.313 e. The first kappa shape index (κ1) is 17.0. The number of nitrogens with zero attached hydrogens (tertiary/aromatic N) is 2. The van der Waals surface area contributed by atoms with Crippen molar-refractivity contribution in [3.63, 3.8) is 0 Å². The summed E-state index contributed by atoms with van der Waals surface area (Å²) in [5.74, 6) is -0.945. The summed E-state index contributed by atoms with van der Waals surface area (Å²) in [5.41, 5.74) is 4.47. The van der Waals surface area contributed by atoms with Crippen LogP contribution in [0.25, 0.3) is 0 Å². The van der Waals surface area contributed by atoms with Crippen molar-refractivity contribution >= 4 is 23.2 Å².